The Labute approximate surface area is 108 Å². The molecule has 4 nitrogen and oxygen atoms in total. The fourth-order valence-electron chi connectivity index (χ4n) is 1.19. The van der Waals surface area contributed by atoms with E-state index in [0.717, 1.165) is 10.4 Å². The van der Waals surface area contributed by atoms with E-state index in [4.69, 9.17) is 5.11 Å². The summed E-state index contributed by atoms with van der Waals surface area (Å²) in [4.78, 5) is -0.400. The van der Waals surface area contributed by atoms with Crippen LogP contribution in [0.2, 0.25) is 0 Å². The number of hydrogen-bond acceptors (Lipinski definition) is 3. The molecule has 0 bridgehead atoms. The van der Waals surface area contributed by atoms with E-state index in [1.165, 1.54) is 26.1 Å². The molecule has 0 radical (unpaired) electrons. The molecule has 0 spiro atoms. The lowest BCUT2D eigenvalue weighted by molar-refractivity contribution is 0.213. The van der Waals surface area contributed by atoms with Gasteiger partial charge in [0.2, 0.25) is 10.0 Å². The molecule has 7 heteroatoms. The van der Waals surface area contributed by atoms with E-state index in [9.17, 15) is 12.8 Å². The molecule has 0 saturated heterocycles. The van der Waals surface area contributed by atoms with Crippen LogP contribution in [0.5, 0.6) is 0 Å². The van der Waals surface area contributed by atoms with Gasteiger partial charge in [-0.2, -0.15) is 4.31 Å². The summed E-state index contributed by atoms with van der Waals surface area (Å²) in [5, 5.41) is 8.92. The molecule has 0 aromatic heterocycles. The number of aliphatic hydroxyl groups is 1. The summed E-state index contributed by atoms with van der Waals surface area (Å²) in [7, 11) is -2.62. The van der Waals surface area contributed by atoms with Gasteiger partial charge in [-0.3, -0.25) is 0 Å². The highest BCUT2D eigenvalue weighted by Gasteiger charge is 2.27. The van der Waals surface area contributed by atoms with Crippen LogP contribution in [-0.4, -0.2) is 37.5 Å². The number of halogens is 2. The summed E-state index contributed by atoms with van der Waals surface area (Å²) in [5.41, 5.74) is 0. The zero-order chi connectivity index (χ0) is 13.2. The van der Waals surface area contributed by atoms with Gasteiger partial charge in [-0.15, -0.1) is 0 Å². The van der Waals surface area contributed by atoms with Crippen LogP contribution >= 0.6 is 15.9 Å². The van der Waals surface area contributed by atoms with Gasteiger partial charge < -0.3 is 5.11 Å². The Balaban J connectivity index is 3.22. The molecule has 1 unspecified atom stereocenters. The number of benzene rings is 1. The Bertz CT molecular complexity index is 506. The predicted molar refractivity (Wildman–Crippen MR) is 65.6 cm³/mol. The third-order valence-corrected chi connectivity index (χ3v) is 4.93. The molecule has 0 heterocycles. The molecule has 1 atom stereocenters. The van der Waals surface area contributed by atoms with Crippen molar-refractivity contribution in [3.63, 3.8) is 0 Å². The molecular formula is C10H13BrFNO3S. The zero-order valence-electron chi connectivity index (χ0n) is 9.39. The minimum Gasteiger partial charge on any atom is -0.395 e. The van der Waals surface area contributed by atoms with E-state index >= 15 is 0 Å². The second kappa shape index (κ2) is 5.43. The minimum atomic E-state index is -3.92. The molecule has 1 N–H and O–H groups in total. The van der Waals surface area contributed by atoms with E-state index < -0.39 is 26.8 Å². The second-order valence-electron chi connectivity index (χ2n) is 3.63. The lowest BCUT2D eigenvalue weighted by Gasteiger charge is -2.22. The van der Waals surface area contributed by atoms with Gasteiger partial charge >= 0.3 is 0 Å². The summed E-state index contributed by atoms with van der Waals surface area (Å²) in [6.45, 7) is 1.21. The Kier molecular flexibility index (Phi) is 4.65. The van der Waals surface area contributed by atoms with Crippen molar-refractivity contribution >= 4 is 26.0 Å². The molecule has 17 heavy (non-hydrogen) atoms. The van der Waals surface area contributed by atoms with E-state index in [1.54, 1.807) is 0 Å². The van der Waals surface area contributed by atoms with Crippen molar-refractivity contribution in [2.45, 2.75) is 17.9 Å². The third-order valence-electron chi connectivity index (χ3n) is 2.44. The highest BCUT2D eigenvalue weighted by molar-refractivity contribution is 9.10. The fourth-order valence-corrected chi connectivity index (χ4v) is 2.92. The highest BCUT2D eigenvalue weighted by atomic mass is 79.9. The molecule has 0 amide bonds. The Morgan fingerprint density at radius 2 is 2.12 bits per heavy atom. The lowest BCUT2D eigenvalue weighted by atomic mass is 10.3. The highest BCUT2D eigenvalue weighted by Crippen LogP contribution is 2.22. The van der Waals surface area contributed by atoms with Gasteiger partial charge in [0.15, 0.2) is 0 Å². The van der Waals surface area contributed by atoms with Gasteiger partial charge in [-0.05, 0) is 25.1 Å². The Morgan fingerprint density at radius 1 is 1.53 bits per heavy atom. The average Bonchev–Trinajstić information content (AvgIpc) is 2.26. The van der Waals surface area contributed by atoms with Gasteiger partial charge in [0.1, 0.15) is 10.7 Å². The van der Waals surface area contributed by atoms with Crippen molar-refractivity contribution < 1.29 is 17.9 Å². The summed E-state index contributed by atoms with van der Waals surface area (Å²) in [5.74, 6) is -0.823. The largest absolute Gasteiger partial charge is 0.395 e. The van der Waals surface area contributed by atoms with Crippen LogP contribution in [0, 0.1) is 5.82 Å². The van der Waals surface area contributed by atoms with Crippen molar-refractivity contribution in [2.75, 3.05) is 13.7 Å². The SMILES string of the molecule is CC(CO)N(C)S(=O)(=O)c1ccc(Br)cc1F. The first-order chi connectivity index (χ1) is 7.80. The summed E-state index contributed by atoms with van der Waals surface area (Å²) in [6, 6.07) is 3.12. The van der Waals surface area contributed by atoms with Gasteiger partial charge in [0, 0.05) is 17.6 Å². The van der Waals surface area contributed by atoms with Gasteiger partial charge in [-0.1, -0.05) is 15.9 Å². The van der Waals surface area contributed by atoms with E-state index in [2.05, 4.69) is 15.9 Å². The Morgan fingerprint density at radius 3 is 2.59 bits per heavy atom. The van der Waals surface area contributed by atoms with Gasteiger partial charge in [0.25, 0.3) is 0 Å². The van der Waals surface area contributed by atoms with Crippen molar-refractivity contribution in [2.24, 2.45) is 0 Å². The molecular weight excluding hydrogens is 313 g/mol. The molecule has 0 aliphatic carbocycles. The smallest absolute Gasteiger partial charge is 0.246 e. The first-order valence-corrected chi connectivity index (χ1v) is 7.08. The number of likely N-dealkylation sites (N-methyl/N-ethyl adjacent to an activating group) is 1. The molecule has 1 aromatic rings. The first kappa shape index (κ1) is 14.6. The second-order valence-corrected chi connectivity index (χ2v) is 6.51. The summed E-state index contributed by atoms with van der Waals surface area (Å²) >= 11 is 3.05. The van der Waals surface area contributed by atoms with Crippen LogP contribution in [0.1, 0.15) is 6.92 Å². The van der Waals surface area contributed by atoms with Crippen molar-refractivity contribution in [1.82, 2.24) is 4.31 Å². The number of sulfonamides is 1. The average molecular weight is 326 g/mol. The maximum atomic E-state index is 13.6. The van der Waals surface area contributed by atoms with Crippen LogP contribution in [0.15, 0.2) is 27.6 Å². The lowest BCUT2D eigenvalue weighted by Crippen LogP contribution is -2.37. The van der Waals surface area contributed by atoms with Crippen molar-refractivity contribution in [3.05, 3.63) is 28.5 Å². The molecule has 0 aliphatic rings. The number of rotatable bonds is 4. The Hall–Kier alpha value is -0.500. The minimum absolute atomic E-state index is 0.326. The van der Waals surface area contributed by atoms with Crippen LogP contribution in [0.3, 0.4) is 0 Å². The van der Waals surface area contributed by atoms with E-state index in [-0.39, 0.29) is 6.61 Å². The molecule has 96 valence electrons. The topological polar surface area (TPSA) is 57.6 Å². The zero-order valence-corrected chi connectivity index (χ0v) is 11.8. The molecule has 1 rings (SSSR count). The fraction of sp³-hybridized carbons (Fsp3) is 0.400. The van der Waals surface area contributed by atoms with E-state index in [0.29, 0.717) is 4.47 Å². The molecule has 0 saturated carbocycles. The van der Waals surface area contributed by atoms with Crippen LogP contribution in [0.4, 0.5) is 4.39 Å². The van der Waals surface area contributed by atoms with E-state index in [1.807, 2.05) is 0 Å². The number of aliphatic hydroxyl groups excluding tert-OH is 1. The van der Waals surface area contributed by atoms with Crippen LogP contribution in [-0.2, 0) is 10.0 Å². The first-order valence-electron chi connectivity index (χ1n) is 4.84. The summed E-state index contributed by atoms with van der Waals surface area (Å²) < 4.78 is 39.0. The van der Waals surface area contributed by atoms with Gasteiger partial charge in [0.05, 0.1) is 6.61 Å². The van der Waals surface area contributed by atoms with Crippen LogP contribution < -0.4 is 0 Å². The molecule has 1 aromatic carbocycles. The normalized spacial score (nSPS) is 14.0. The third kappa shape index (κ3) is 3.04. The van der Waals surface area contributed by atoms with Crippen molar-refractivity contribution in [1.29, 1.82) is 0 Å². The monoisotopic (exact) mass is 325 g/mol. The number of nitrogens with zero attached hydrogens (tertiary/aromatic N) is 1. The predicted octanol–water partition coefficient (Wildman–Crippen LogP) is 1.59. The quantitative estimate of drug-likeness (QED) is 0.914. The van der Waals surface area contributed by atoms with Gasteiger partial charge in [-0.25, -0.2) is 12.8 Å². The van der Waals surface area contributed by atoms with Crippen LogP contribution in [0.25, 0.3) is 0 Å². The standard InChI is InChI=1S/C10H13BrFNO3S/c1-7(6-14)13(2)17(15,16)10-4-3-8(11)5-9(10)12/h3-5,7,14H,6H2,1-2H3. The maximum Gasteiger partial charge on any atom is 0.246 e. The number of hydrogen-bond donors (Lipinski definition) is 1. The molecule has 0 aliphatic heterocycles. The summed E-state index contributed by atoms with van der Waals surface area (Å²) in [6.07, 6.45) is 0. The molecule has 0 fully saturated rings. The van der Waals surface area contributed by atoms with Crippen molar-refractivity contribution in [3.8, 4) is 0 Å². The maximum absolute atomic E-state index is 13.6.